The van der Waals surface area contributed by atoms with Gasteiger partial charge >= 0.3 is 6.03 Å². The SMILES string of the molecule is CCc1cccc(N2C(=O)NC(c3ccc(F)cc3)C(c3nc(-c4cccc(C)c4)no3)=C2C)c1. The molecular formula is C28H25FN4O2. The lowest BCUT2D eigenvalue weighted by molar-refractivity contribution is 0.244. The summed E-state index contributed by atoms with van der Waals surface area (Å²) in [5, 5.41) is 7.27. The molecule has 2 heterocycles. The zero-order valence-electron chi connectivity index (χ0n) is 19.7. The van der Waals surface area contributed by atoms with Crippen molar-refractivity contribution in [3.8, 4) is 11.4 Å². The predicted molar refractivity (Wildman–Crippen MR) is 133 cm³/mol. The van der Waals surface area contributed by atoms with Gasteiger partial charge in [0.1, 0.15) is 5.82 Å². The quantitative estimate of drug-likeness (QED) is 0.365. The smallest absolute Gasteiger partial charge is 0.326 e. The summed E-state index contributed by atoms with van der Waals surface area (Å²) < 4.78 is 19.4. The highest BCUT2D eigenvalue weighted by molar-refractivity contribution is 6.01. The number of hydrogen-bond donors (Lipinski definition) is 1. The lowest BCUT2D eigenvalue weighted by Gasteiger charge is -2.35. The van der Waals surface area contributed by atoms with Crippen LogP contribution in [0, 0.1) is 12.7 Å². The number of nitrogens with one attached hydrogen (secondary N) is 1. The van der Waals surface area contributed by atoms with Gasteiger partial charge in [0.05, 0.1) is 17.3 Å². The molecule has 0 spiro atoms. The summed E-state index contributed by atoms with van der Waals surface area (Å²) in [4.78, 5) is 19.6. The van der Waals surface area contributed by atoms with Gasteiger partial charge in [-0.25, -0.2) is 9.18 Å². The number of rotatable bonds is 5. The van der Waals surface area contributed by atoms with Crippen LogP contribution in [0.4, 0.5) is 14.9 Å². The van der Waals surface area contributed by atoms with Crippen LogP contribution < -0.4 is 10.2 Å². The molecule has 1 aliphatic rings. The van der Waals surface area contributed by atoms with Crippen LogP contribution in [-0.4, -0.2) is 16.2 Å². The molecule has 0 saturated heterocycles. The van der Waals surface area contributed by atoms with Crippen LogP contribution >= 0.6 is 0 Å². The Morgan fingerprint density at radius 3 is 2.54 bits per heavy atom. The summed E-state index contributed by atoms with van der Waals surface area (Å²) in [5.74, 6) is 0.402. The van der Waals surface area contributed by atoms with E-state index in [2.05, 4.69) is 22.4 Å². The molecule has 35 heavy (non-hydrogen) atoms. The standard InChI is InChI=1S/C28H25FN4O2/c1-4-19-8-6-10-23(16-19)33-18(3)24(25(30-28(33)34)20-11-13-22(29)14-12-20)27-31-26(32-35-27)21-9-5-7-17(2)15-21/h5-16,25H,4H2,1-3H3,(H,30,34). The van der Waals surface area contributed by atoms with Gasteiger partial charge in [0.2, 0.25) is 5.82 Å². The number of carbonyl (C=O) groups excluding carboxylic acids is 1. The topological polar surface area (TPSA) is 71.3 Å². The van der Waals surface area contributed by atoms with E-state index in [1.165, 1.54) is 12.1 Å². The van der Waals surface area contributed by atoms with Crippen LogP contribution in [0.3, 0.4) is 0 Å². The summed E-state index contributed by atoms with van der Waals surface area (Å²) in [6, 6.07) is 20.9. The Bertz CT molecular complexity index is 1420. The highest BCUT2D eigenvalue weighted by Crippen LogP contribution is 2.39. The number of hydrogen-bond acceptors (Lipinski definition) is 4. The molecule has 1 atom stereocenters. The van der Waals surface area contributed by atoms with E-state index >= 15 is 0 Å². The van der Waals surface area contributed by atoms with E-state index in [9.17, 15) is 9.18 Å². The Morgan fingerprint density at radius 2 is 1.80 bits per heavy atom. The third kappa shape index (κ3) is 4.33. The van der Waals surface area contributed by atoms with Crippen molar-refractivity contribution in [2.75, 3.05) is 4.90 Å². The number of halogens is 1. The second-order valence-corrected chi connectivity index (χ2v) is 8.58. The van der Waals surface area contributed by atoms with Crippen LogP contribution in [0.15, 0.2) is 83.0 Å². The first-order valence-electron chi connectivity index (χ1n) is 11.5. The molecule has 176 valence electrons. The number of amides is 2. The van der Waals surface area contributed by atoms with Gasteiger partial charge in [-0.1, -0.05) is 60.1 Å². The molecule has 1 N–H and O–H groups in total. The molecule has 0 saturated carbocycles. The fourth-order valence-corrected chi connectivity index (χ4v) is 4.39. The van der Waals surface area contributed by atoms with Crippen molar-refractivity contribution < 1.29 is 13.7 Å². The molecule has 0 bridgehead atoms. The Kier molecular flexibility index (Phi) is 5.91. The Balaban J connectivity index is 1.66. The van der Waals surface area contributed by atoms with Crippen LogP contribution in [-0.2, 0) is 6.42 Å². The van der Waals surface area contributed by atoms with Crippen molar-refractivity contribution >= 4 is 17.3 Å². The van der Waals surface area contributed by atoms with Gasteiger partial charge < -0.3 is 9.84 Å². The third-order valence-electron chi connectivity index (χ3n) is 6.20. The fraction of sp³-hybridized carbons (Fsp3) is 0.179. The molecule has 4 aromatic rings. The zero-order valence-corrected chi connectivity index (χ0v) is 19.7. The van der Waals surface area contributed by atoms with Crippen molar-refractivity contribution in [3.05, 3.63) is 107 Å². The number of anilines is 1. The first kappa shape index (κ1) is 22.5. The van der Waals surface area contributed by atoms with E-state index in [-0.39, 0.29) is 11.8 Å². The fourth-order valence-electron chi connectivity index (χ4n) is 4.39. The van der Waals surface area contributed by atoms with Gasteiger partial charge in [0.15, 0.2) is 0 Å². The number of aryl methyl sites for hydroxylation is 2. The van der Waals surface area contributed by atoms with E-state index in [1.807, 2.05) is 62.4 Å². The molecule has 1 unspecified atom stereocenters. The van der Waals surface area contributed by atoms with Gasteiger partial charge in [-0.3, -0.25) is 4.90 Å². The van der Waals surface area contributed by atoms with Gasteiger partial charge in [0.25, 0.3) is 5.89 Å². The third-order valence-corrected chi connectivity index (χ3v) is 6.20. The van der Waals surface area contributed by atoms with Gasteiger partial charge in [-0.2, -0.15) is 4.98 Å². The van der Waals surface area contributed by atoms with E-state index < -0.39 is 6.04 Å². The van der Waals surface area contributed by atoms with Crippen molar-refractivity contribution in [3.63, 3.8) is 0 Å². The largest absolute Gasteiger partial charge is 0.334 e. The highest BCUT2D eigenvalue weighted by atomic mass is 19.1. The first-order chi connectivity index (χ1) is 16.9. The summed E-state index contributed by atoms with van der Waals surface area (Å²) in [7, 11) is 0. The van der Waals surface area contributed by atoms with E-state index in [0.29, 0.717) is 28.5 Å². The maximum absolute atomic E-state index is 13.7. The van der Waals surface area contributed by atoms with E-state index in [4.69, 9.17) is 4.52 Å². The lowest BCUT2D eigenvalue weighted by Crippen LogP contribution is -2.46. The lowest BCUT2D eigenvalue weighted by atomic mass is 9.94. The average Bonchev–Trinajstić information content (AvgIpc) is 3.34. The Hall–Kier alpha value is -4.26. The van der Waals surface area contributed by atoms with Crippen LogP contribution in [0.1, 0.15) is 42.5 Å². The maximum Gasteiger partial charge on any atom is 0.326 e. The minimum absolute atomic E-state index is 0.285. The molecule has 2 amide bonds. The molecule has 1 aromatic heterocycles. The Labute approximate surface area is 203 Å². The summed E-state index contributed by atoms with van der Waals surface area (Å²) in [6.45, 7) is 5.93. The van der Waals surface area contributed by atoms with Crippen LogP contribution in [0.25, 0.3) is 17.0 Å². The van der Waals surface area contributed by atoms with Crippen molar-refractivity contribution in [2.45, 2.75) is 33.2 Å². The number of nitrogens with zero attached hydrogens (tertiary/aromatic N) is 3. The van der Waals surface area contributed by atoms with Crippen LogP contribution in [0.2, 0.25) is 0 Å². The molecule has 0 radical (unpaired) electrons. The second kappa shape index (κ2) is 9.18. The molecule has 3 aromatic carbocycles. The first-order valence-corrected chi connectivity index (χ1v) is 11.5. The number of allylic oxidation sites excluding steroid dienone is 1. The van der Waals surface area contributed by atoms with Gasteiger partial charge in [0, 0.05) is 11.3 Å². The van der Waals surface area contributed by atoms with E-state index in [1.54, 1.807) is 17.0 Å². The van der Waals surface area contributed by atoms with Gasteiger partial charge in [-0.15, -0.1) is 0 Å². The van der Waals surface area contributed by atoms with E-state index in [0.717, 1.165) is 28.8 Å². The van der Waals surface area contributed by atoms with Crippen molar-refractivity contribution in [2.24, 2.45) is 0 Å². The minimum Gasteiger partial charge on any atom is -0.334 e. The molecule has 0 fully saturated rings. The molecule has 6 nitrogen and oxygen atoms in total. The average molecular weight is 469 g/mol. The number of urea groups is 1. The van der Waals surface area contributed by atoms with Crippen molar-refractivity contribution in [1.29, 1.82) is 0 Å². The normalized spacial score (nSPS) is 15.9. The number of benzene rings is 3. The number of aromatic nitrogens is 2. The second-order valence-electron chi connectivity index (χ2n) is 8.58. The number of carbonyl (C=O) groups is 1. The van der Waals surface area contributed by atoms with Crippen molar-refractivity contribution in [1.82, 2.24) is 15.5 Å². The summed E-state index contributed by atoms with van der Waals surface area (Å²) in [5.41, 5.74) is 5.81. The maximum atomic E-state index is 13.7. The van der Waals surface area contributed by atoms with Gasteiger partial charge in [-0.05, 0) is 61.7 Å². The molecule has 7 heteroatoms. The minimum atomic E-state index is -0.584. The molecule has 1 aliphatic heterocycles. The van der Waals surface area contributed by atoms with Crippen LogP contribution in [0.5, 0.6) is 0 Å². The Morgan fingerprint density at radius 1 is 1.03 bits per heavy atom. The molecular weight excluding hydrogens is 443 g/mol. The summed E-state index contributed by atoms with van der Waals surface area (Å²) >= 11 is 0. The highest BCUT2D eigenvalue weighted by Gasteiger charge is 2.36. The molecule has 0 aliphatic carbocycles. The predicted octanol–water partition coefficient (Wildman–Crippen LogP) is 6.45. The molecule has 5 rings (SSSR count). The zero-order chi connectivity index (χ0) is 24.5. The monoisotopic (exact) mass is 468 g/mol. The summed E-state index contributed by atoms with van der Waals surface area (Å²) in [6.07, 6.45) is 0.848.